The van der Waals surface area contributed by atoms with Crippen LogP contribution in [0.4, 0.5) is 0 Å². The van der Waals surface area contributed by atoms with Gasteiger partial charge in [-0.1, -0.05) is 56.2 Å². The van der Waals surface area contributed by atoms with Crippen LogP contribution in [0.15, 0.2) is 53.5 Å². The molecule has 3 heteroatoms. The fourth-order valence-corrected chi connectivity index (χ4v) is 2.55. The van der Waals surface area contributed by atoms with Gasteiger partial charge in [-0.2, -0.15) is 0 Å². The first kappa shape index (κ1) is 15.5. The molecule has 0 saturated heterocycles. The van der Waals surface area contributed by atoms with Crippen molar-refractivity contribution in [3.8, 4) is 0 Å². The van der Waals surface area contributed by atoms with Crippen LogP contribution in [0.1, 0.15) is 43.4 Å². The molecule has 2 rings (SSSR count). The maximum absolute atomic E-state index is 12.6. The lowest BCUT2D eigenvalue weighted by atomic mass is 10.1. The minimum atomic E-state index is -0.117. The summed E-state index contributed by atoms with van der Waals surface area (Å²) < 4.78 is 1.69. The Morgan fingerprint density at radius 2 is 1.90 bits per heavy atom. The van der Waals surface area contributed by atoms with Gasteiger partial charge < -0.3 is 9.67 Å². The largest absolute Gasteiger partial charge is 0.394 e. The SMILES string of the molecule is CCCCC(CO)n1cccc(Cc2ccccc2)c1=O. The number of rotatable bonds is 7. The maximum Gasteiger partial charge on any atom is 0.254 e. The molecule has 0 bridgehead atoms. The van der Waals surface area contributed by atoms with Gasteiger partial charge in [0.2, 0.25) is 0 Å². The van der Waals surface area contributed by atoms with Crippen LogP contribution in [0.2, 0.25) is 0 Å². The fraction of sp³-hybridized carbons (Fsp3) is 0.389. The highest BCUT2D eigenvalue weighted by Crippen LogP contribution is 2.13. The Kier molecular flexibility index (Phi) is 5.76. The third-order valence-electron chi connectivity index (χ3n) is 3.79. The Hall–Kier alpha value is -1.87. The third kappa shape index (κ3) is 4.05. The molecule has 0 aliphatic carbocycles. The van der Waals surface area contributed by atoms with Gasteiger partial charge in [0.15, 0.2) is 0 Å². The summed E-state index contributed by atoms with van der Waals surface area (Å²) in [7, 11) is 0. The summed E-state index contributed by atoms with van der Waals surface area (Å²) >= 11 is 0. The summed E-state index contributed by atoms with van der Waals surface area (Å²) in [6.45, 7) is 2.12. The standard InChI is InChI=1S/C18H23NO2/c1-2-3-11-17(14-20)19-12-7-10-16(18(19)21)13-15-8-5-4-6-9-15/h4-10,12,17,20H,2-3,11,13-14H2,1H3. The molecule has 0 fully saturated rings. The van der Waals surface area contributed by atoms with Gasteiger partial charge in [0, 0.05) is 18.2 Å². The van der Waals surface area contributed by atoms with Crippen molar-refractivity contribution in [2.45, 2.75) is 38.6 Å². The number of hydrogen-bond donors (Lipinski definition) is 1. The molecule has 1 atom stereocenters. The lowest BCUT2D eigenvalue weighted by molar-refractivity contribution is 0.215. The Labute approximate surface area is 125 Å². The van der Waals surface area contributed by atoms with Crippen molar-refractivity contribution in [3.63, 3.8) is 0 Å². The molecule has 0 radical (unpaired) electrons. The summed E-state index contributed by atoms with van der Waals surface area (Å²) in [5.74, 6) is 0. The second-order valence-electron chi connectivity index (χ2n) is 5.39. The van der Waals surface area contributed by atoms with E-state index in [1.807, 2.05) is 42.5 Å². The van der Waals surface area contributed by atoms with Crippen LogP contribution in [0, 0.1) is 0 Å². The molecule has 0 aliphatic rings. The van der Waals surface area contributed by atoms with Gasteiger partial charge in [-0.3, -0.25) is 4.79 Å². The van der Waals surface area contributed by atoms with Gasteiger partial charge in [0.1, 0.15) is 0 Å². The predicted octanol–water partition coefficient (Wildman–Crippen LogP) is 3.16. The molecule has 112 valence electrons. The second-order valence-corrected chi connectivity index (χ2v) is 5.39. The number of aliphatic hydroxyl groups excluding tert-OH is 1. The number of aliphatic hydroxyl groups is 1. The molecule has 1 heterocycles. The summed E-state index contributed by atoms with van der Waals surface area (Å²) in [5.41, 5.74) is 1.91. The van der Waals surface area contributed by atoms with Crippen LogP contribution in [-0.2, 0) is 6.42 Å². The van der Waals surface area contributed by atoms with Crippen molar-refractivity contribution in [1.82, 2.24) is 4.57 Å². The first-order chi connectivity index (χ1) is 10.3. The van der Waals surface area contributed by atoms with Crippen LogP contribution >= 0.6 is 0 Å². The molecule has 0 aliphatic heterocycles. The normalized spacial score (nSPS) is 12.3. The second kappa shape index (κ2) is 7.79. The number of nitrogens with zero attached hydrogens (tertiary/aromatic N) is 1. The molecule has 0 saturated carbocycles. The van der Waals surface area contributed by atoms with Crippen LogP contribution < -0.4 is 5.56 Å². The monoisotopic (exact) mass is 285 g/mol. The third-order valence-corrected chi connectivity index (χ3v) is 3.79. The lowest BCUT2D eigenvalue weighted by Crippen LogP contribution is -2.29. The first-order valence-electron chi connectivity index (χ1n) is 7.61. The van der Waals surface area contributed by atoms with Crippen molar-refractivity contribution in [1.29, 1.82) is 0 Å². The van der Waals surface area contributed by atoms with Crippen molar-refractivity contribution >= 4 is 0 Å². The van der Waals surface area contributed by atoms with Gasteiger partial charge in [0.05, 0.1) is 12.6 Å². The Bertz CT molecular complexity index is 604. The molecule has 0 spiro atoms. The average Bonchev–Trinajstić information content (AvgIpc) is 2.52. The maximum atomic E-state index is 12.6. The van der Waals surface area contributed by atoms with Crippen molar-refractivity contribution in [2.75, 3.05) is 6.61 Å². The van der Waals surface area contributed by atoms with E-state index in [2.05, 4.69) is 6.92 Å². The molecule has 0 amide bonds. The van der Waals surface area contributed by atoms with E-state index in [1.165, 1.54) is 0 Å². The average molecular weight is 285 g/mol. The van der Waals surface area contributed by atoms with E-state index in [1.54, 1.807) is 10.8 Å². The fourth-order valence-electron chi connectivity index (χ4n) is 2.55. The first-order valence-corrected chi connectivity index (χ1v) is 7.61. The zero-order valence-electron chi connectivity index (χ0n) is 12.5. The highest BCUT2D eigenvalue weighted by Gasteiger charge is 2.12. The zero-order chi connectivity index (χ0) is 15.1. The van der Waals surface area contributed by atoms with E-state index in [0.717, 1.165) is 30.4 Å². The molecule has 1 aromatic carbocycles. The summed E-state index contributed by atoms with van der Waals surface area (Å²) in [6.07, 6.45) is 5.33. The van der Waals surface area contributed by atoms with Gasteiger partial charge in [-0.05, 0) is 18.1 Å². The highest BCUT2D eigenvalue weighted by molar-refractivity contribution is 5.24. The smallest absolute Gasteiger partial charge is 0.254 e. The molecule has 2 aromatic rings. The molecule has 1 unspecified atom stereocenters. The summed E-state index contributed by atoms with van der Waals surface area (Å²) in [6, 6.07) is 13.6. The number of pyridine rings is 1. The quantitative estimate of drug-likeness (QED) is 0.849. The Morgan fingerprint density at radius 3 is 2.57 bits per heavy atom. The highest BCUT2D eigenvalue weighted by atomic mass is 16.3. The molecule has 1 N–H and O–H groups in total. The number of benzene rings is 1. The van der Waals surface area contributed by atoms with Gasteiger partial charge in [-0.15, -0.1) is 0 Å². The number of hydrogen-bond acceptors (Lipinski definition) is 2. The molecule has 21 heavy (non-hydrogen) atoms. The minimum Gasteiger partial charge on any atom is -0.394 e. The van der Waals surface area contributed by atoms with Gasteiger partial charge in [-0.25, -0.2) is 0 Å². The van der Waals surface area contributed by atoms with E-state index in [4.69, 9.17) is 0 Å². The minimum absolute atomic E-state index is 0.00863. The topological polar surface area (TPSA) is 42.2 Å². The molecular weight excluding hydrogens is 262 g/mol. The Balaban J connectivity index is 2.25. The van der Waals surface area contributed by atoms with Gasteiger partial charge in [0.25, 0.3) is 5.56 Å². The van der Waals surface area contributed by atoms with E-state index < -0.39 is 0 Å². The van der Waals surface area contributed by atoms with Crippen LogP contribution in [0.25, 0.3) is 0 Å². The summed E-state index contributed by atoms with van der Waals surface area (Å²) in [5, 5.41) is 9.55. The van der Waals surface area contributed by atoms with E-state index >= 15 is 0 Å². The van der Waals surface area contributed by atoms with Crippen LogP contribution in [0.3, 0.4) is 0 Å². The number of aromatic nitrogens is 1. The predicted molar refractivity (Wildman–Crippen MR) is 85.6 cm³/mol. The zero-order valence-corrected chi connectivity index (χ0v) is 12.5. The number of unbranched alkanes of at least 4 members (excludes halogenated alkanes) is 1. The van der Waals surface area contributed by atoms with E-state index in [0.29, 0.717) is 6.42 Å². The summed E-state index contributed by atoms with van der Waals surface area (Å²) in [4.78, 5) is 12.6. The molecular formula is C18H23NO2. The van der Waals surface area contributed by atoms with Crippen molar-refractivity contribution in [3.05, 3.63) is 70.1 Å². The van der Waals surface area contributed by atoms with Crippen LogP contribution in [0.5, 0.6) is 0 Å². The van der Waals surface area contributed by atoms with E-state index in [9.17, 15) is 9.90 Å². The molecule has 1 aromatic heterocycles. The Morgan fingerprint density at radius 1 is 1.14 bits per heavy atom. The molecule has 3 nitrogen and oxygen atoms in total. The van der Waals surface area contributed by atoms with Gasteiger partial charge >= 0.3 is 0 Å². The van der Waals surface area contributed by atoms with Crippen molar-refractivity contribution in [2.24, 2.45) is 0 Å². The van der Waals surface area contributed by atoms with Crippen molar-refractivity contribution < 1.29 is 5.11 Å². The van der Waals surface area contributed by atoms with Crippen LogP contribution in [-0.4, -0.2) is 16.3 Å². The van der Waals surface area contributed by atoms with E-state index in [-0.39, 0.29) is 18.2 Å². The lowest BCUT2D eigenvalue weighted by Gasteiger charge is -2.18.